The average molecular weight is 397 g/mol. The van der Waals surface area contributed by atoms with E-state index in [9.17, 15) is 14.0 Å². The van der Waals surface area contributed by atoms with E-state index in [0.29, 0.717) is 11.4 Å². The number of nitrogens with zero attached hydrogens (tertiary/aromatic N) is 3. The summed E-state index contributed by atoms with van der Waals surface area (Å²) in [5, 5.41) is -0.666. The Morgan fingerprint density at radius 2 is 1.64 bits per heavy atom. The Morgan fingerprint density at radius 3 is 2.29 bits per heavy atom. The zero-order chi connectivity index (χ0) is 20.0. The summed E-state index contributed by atoms with van der Waals surface area (Å²) >= 11 is 1.46. The summed E-state index contributed by atoms with van der Waals surface area (Å²) in [5.41, 5.74) is 2.33. The molecule has 0 N–H and O–H groups in total. The van der Waals surface area contributed by atoms with Crippen LogP contribution in [-0.4, -0.2) is 20.5 Å². The Bertz CT molecular complexity index is 1090. The topological polar surface area (TPSA) is 47.2 Å². The van der Waals surface area contributed by atoms with Gasteiger partial charge >= 0.3 is 0 Å². The van der Waals surface area contributed by atoms with Gasteiger partial charge in [-0.05, 0) is 43.7 Å². The summed E-state index contributed by atoms with van der Waals surface area (Å²) in [6.07, 6.45) is 0. The summed E-state index contributed by atoms with van der Waals surface area (Å²) in [6, 6.07) is 15.4. The van der Waals surface area contributed by atoms with Gasteiger partial charge in [-0.15, -0.1) is 11.8 Å². The number of para-hydroxylation sites is 1. The molecule has 2 heterocycles. The van der Waals surface area contributed by atoms with Crippen molar-refractivity contribution in [2.75, 3.05) is 4.90 Å². The fourth-order valence-electron chi connectivity index (χ4n) is 3.54. The summed E-state index contributed by atoms with van der Waals surface area (Å²) in [7, 11) is 1.80. The number of hydrogen-bond donors (Lipinski definition) is 0. The van der Waals surface area contributed by atoms with E-state index >= 15 is 0 Å². The van der Waals surface area contributed by atoms with Crippen LogP contribution in [-0.2, 0) is 11.8 Å². The van der Waals surface area contributed by atoms with Crippen LogP contribution in [0.5, 0.6) is 0 Å². The third kappa shape index (κ3) is 2.86. The lowest BCUT2D eigenvalue weighted by Crippen LogP contribution is -2.34. The molecular weight excluding hydrogens is 377 g/mol. The number of thioether (sulfide) groups is 1. The molecule has 1 saturated heterocycles. The van der Waals surface area contributed by atoms with E-state index in [0.717, 1.165) is 11.3 Å². The van der Waals surface area contributed by atoms with E-state index in [-0.39, 0.29) is 27.9 Å². The average Bonchev–Trinajstić information content (AvgIpc) is 3.09. The molecule has 3 aromatic rings. The lowest BCUT2D eigenvalue weighted by molar-refractivity contribution is -0.117. The number of halogens is 1. The van der Waals surface area contributed by atoms with Gasteiger partial charge in [-0.25, -0.2) is 9.07 Å². The van der Waals surface area contributed by atoms with E-state index in [4.69, 9.17) is 0 Å². The summed E-state index contributed by atoms with van der Waals surface area (Å²) in [6.45, 7) is 3.66. The van der Waals surface area contributed by atoms with Gasteiger partial charge in [0, 0.05) is 7.05 Å². The second kappa shape index (κ2) is 6.98. The maximum absolute atomic E-state index is 13.4. The number of carbonyl (C=O) groups is 1. The minimum atomic E-state index is -0.374. The highest BCUT2D eigenvalue weighted by molar-refractivity contribution is 8.01. The third-order valence-corrected chi connectivity index (χ3v) is 6.42. The van der Waals surface area contributed by atoms with Crippen molar-refractivity contribution in [3.8, 4) is 5.69 Å². The number of hydrogen-bond acceptors (Lipinski definition) is 3. The summed E-state index contributed by atoms with van der Waals surface area (Å²) in [4.78, 5) is 27.9. The molecule has 0 saturated carbocycles. The van der Waals surface area contributed by atoms with Crippen molar-refractivity contribution >= 4 is 23.4 Å². The van der Waals surface area contributed by atoms with Crippen molar-refractivity contribution in [1.82, 2.24) is 9.36 Å². The summed E-state index contributed by atoms with van der Waals surface area (Å²) in [5.74, 6) is -0.453. The molecule has 7 heteroatoms. The van der Waals surface area contributed by atoms with Gasteiger partial charge in [-0.1, -0.05) is 30.3 Å². The van der Waals surface area contributed by atoms with Gasteiger partial charge in [0.2, 0.25) is 5.91 Å². The van der Waals surface area contributed by atoms with Crippen LogP contribution in [0.4, 0.5) is 10.1 Å². The van der Waals surface area contributed by atoms with Gasteiger partial charge in [-0.2, -0.15) is 0 Å². The highest BCUT2D eigenvalue weighted by atomic mass is 32.2. The highest BCUT2D eigenvalue weighted by Gasteiger charge is 2.42. The Labute approximate surface area is 166 Å². The molecule has 28 heavy (non-hydrogen) atoms. The molecule has 144 valence electrons. The van der Waals surface area contributed by atoms with Crippen molar-refractivity contribution in [3.05, 3.63) is 82.0 Å². The molecule has 1 fully saturated rings. The highest BCUT2D eigenvalue weighted by Crippen LogP contribution is 2.45. The van der Waals surface area contributed by atoms with Crippen LogP contribution in [0.3, 0.4) is 0 Å². The van der Waals surface area contributed by atoms with Crippen molar-refractivity contribution in [3.63, 3.8) is 0 Å². The van der Waals surface area contributed by atoms with Gasteiger partial charge in [0.15, 0.2) is 0 Å². The van der Waals surface area contributed by atoms with Crippen molar-refractivity contribution < 1.29 is 9.18 Å². The van der Waals surface area contributed by atoms with Gasteiger partial charge in [0.1, 0.15) is 16.9 Å². The number of anilines is 1. The first-order valence-corrected chi connectivity index (χ1v) is 9.92. The van der Waals surface area contributed by atoms with Crippen LogP contribution in [0.15, 0.2) is 59.4 Å². The van der Waals surface area contributed by atoms with E-state index in [1.807, 2.05) is 44.2 Å². The first-order valence-electron chi connectivity index (χ1n) is 8.98. The quantitative estimate of drug-likeness (QED) is 0.676. The molecule has 2 aromatic carbocycles. The Hall–Kier alpha value is -2.80. The van der Waals surface area contributed by atoms with Crippen LogP contribution in [0.2, 0.25) is 0 Å². The molecule has 0 aliphatic carbocycles. The van der Waals surface area contributed by atoms with Gasteiger partial charge in [0.05, 0.1) is 16.6 Å². The second-order valence-electron chi connectivity index (χ2n) is 6.80. The zero-order valence-electron chi connectivity index (χ0n) is 15.8. The molecule has 0 bridgehead atoms. The van der Waals surface area contributed by atoms with Gasteiger partial charge in [-0.3, -0.25) is 19.2 Å². The number of amides is 1. The van der Waals surface area contributed by atoms with Gasteiger partial charge < -0.3 is 0 Å². The number of rotatable bonds is 3. The Balaban J connectivity index is 1.88. The maximum Gasteiger partial charge on any atom is 0.295 e. The largest absolute Gasteiger partial charge is 0.295 e. The lowest BCUT2D eigenvalue weighted by atomic mass is 10.2. The molecule has 2 atom stereocenters. The van der Waals surface area contributed by atoms with Crippen LogP contribution in [0, 0.1) is 12.7 Å². The van der Waals surface area contributed by atoms with E-state index in [1.54, 1.807) is 33.4 Å². The normalized spacial score (nSPS) is 19.4. The minimum absolute atomic E-state index is 0.120. The molecular formula is C21H20FN3O2S. The predicted molar refractivity (Wildman–Crippen MR) is 109 cm³/mol. The van der Waals surface area contributed by atoms with Crippen molar-refractivity contribution in [2.45, 2.75) is 24.5 Å². The first kappa shape index (κ1) is 18.6. The monoisotopic (exact) mass is 397 g/mol. The zero-order valence-corrected chi connectivity index (χ0v) is 16.6. The van der Waals surface area contributed by atoms with E-state index in [1.165, 1.54) is 23.9 Å². The summed E-state index contributed by atoms with van der Waals surface area (Å²) < 4.78 is 16.7. The van der Waals surface area contributed by atoms with E-state index < -0.39 is 0 Å². The van der Waals surface area contributed by atoms with Crippen LogP contribution in [0.25, 0.3) is 5.69 Å². The van der Waals surface area contributed by atoms with E-state index in [2.05, 4.69) is 0 Å². The van der Waals surface area contributed by atoms with Crippen molar-refractivity contribution in [2.24, 2.45) is 7.05 Å². The number of aromatic nitrogens is 2. The molecule has 1 aliphatic heterocycles. The van der Waals surface area contributed by atoms with Crippen LogP contribution >= 0.6 is 11.8 Å². The van der Waals surface area contributed by atoms with Crippen LogP contribution in [0.1, 0.15) is 23.6 Å². The molecule has 1 amide bonds. The molecule has 0 unspecified atom stereocenters. The maximum atomic E-state index is 13.4. The molecule has 0 radical (unpaired) electrons. The smallest absolute Gasteiger partial charge is 0.288 e. The fraction of sp³-hybridized carbons (Fsp3) is 0.238. The minimum Gasteiger partial charge on any atom is -0.288 e. The fourth-order valence-corrected chi connectivity index (χ4v) is 4.80. The van der Waals surface area contributed by atoms with Gasteiger partial charge in [0.25, 0.3) is 5.56 Å². The molecule has 1 aliphatic rings. The molecule has 1 aromatic heterocycles. The standard InChI is InChI=1S/C21H20FN3O2S/c1-13-18(20(27)25(23(13)3)17-7-5-4-6-8-17)24-19(26)14(2)28-21(24)15-9-11-16(22)12-10-15/h4-12,14,21H,1-3H3/t14-,21-/m1/s1. The number of benzene rings is 2. The molecule has 5 nitrogen and oxygen atoms in total. The number of carbonyl (C=O) groups excluding carboxylic acids is 1. The first-order chi connectivity index (χ1) is 13.4. The van der Waals surface area contributed by atoms with Crippen LogP contribution < -0.4 is 10.5 Å². The Kier molecular flexibility index (Phi) is 4.63. The Morgan fingerprint density at radius 1 is 1.00 bits per heavy atom. The predicted octanol–water partition coefficient (Wildman–Crippen LogP) is 3.79. The lowest BCUT2D eigenvalue weighted by Gasteiger charge is -2.23. The van der Waals surface area contributed by atoms with Crippen molar-refractivity contribution in [1.29, 1.82) is 0 Å². The second-order valence-corrected chi connectivity index (χ2v) is 8.23. The SMILES string of the molecule is Cc1c(N2C(=O)[C@@H](C)S[C@@H]2c2ccc(F)cc2)c(=O)n(-c2ccccc2)n1C. The molecule has 4 rings (SSSR count). The third-order valence-electron chi connectivity index (χ3n) is 5.07. The molecule has 0 spiro atoms.